The summed E-state index contributed by atoms with van der Waals surface area (Å²) < 4.78 is 0. The first-order chi connectivity index (χ1) is 8.65. The van der Waals surface area contributed by atoms with E-state index in [2.05, 4.69) is 5.32 Å². The summed E-state index contributed by atoms with van der Waals surface area (Å²) in [6.07, 6.45) is 4.80. The number of nitrogens with zero attached hydrogens (tertiary/aromatic N) is 1. The highest BCUT2D eigenvalue weighted by Gasteiger charge is 2.42. The smallest absolute Gasteiger partial charge is 0.324 e. The number of carbonyl (C=O) groups excluding carboxylic acids is 1. The fraction of sp³-hybridized carbons (Fsp3) is 0.583. The molecule has 3 rings (SSSR count). The van der Waals surface area contributed by atoms with Crippen LogP contribution in [0.1, 0.15) is 35.4 Å². The second-order valence-electron chi connectivity index (χ2n) is 5.07. The Morgan fingerprint density at radius 1 is 1.33 bits per heavy atom. The molecule has 0 unspecified atom stereocenters. The summed E-state index contributed by atoms with van der Waals surface area (Å²) in [5.74, 6) is 1.12. The van der Waals surface area contributed by atoms with Gasteiger partial charge in [0.25, 0.3) is 5.91 Å². The van der Waals surface area contributed by atoms with Crippen LogP contribution in [0.3, 0.4) is 0 Å². The summed E-state index contributed by atoms with van der Waals surface area (Å²) in [6, 6.07) is 3.22. The van der Waals surface area contributed by atoms with E-state index in [0.717, 1.165) is 11.3 Å². The van der Waals surface area contributed by atoms with E-state index in [1.165, 1.54) is 37.8 Å². The number of carbonyl (C=O) groups is 1. The minimum atomic E-state index is -0.458. The van der Waals surface area contributed by atoms with Crippen molar-refractivity contribution < 1.29 is 9.72 Å². The molecule has 6 heteroatoms. The van der Waals surface area contributed by atoms with Crippen molar-refractivity contribution in [1.29, 1.82) is 0 Å². The van der Waals surface area contributed by atoms with E-state index in [0.29, 0.717) is 22.8 Å². The molecular formula is C12H14N2O3S. The molecule has 0 spiro atoms. The van der Waals surface area contributed by atoms with Gasteiger partial charge in [-0.3, -0.25) is 14.9 Å². The van der Waals surface area contributed by atoms with Crippen LogP contribution in [-0.2, 0) is 0 Å². The zero-order chi connectivity index (χ0) is 12.7. The molecule has 1 heterocycles. The number of hydrogen-bond donors (Lipinski definition) is 1. The van der Waals surface area contributed by atoms with Crippen molar-refractivity contribution >= 4 is 22.2 Å². The van der Waals surface area contributed by atoms with Gasteiger partial charge in [0, 0.05) is 12.1 Å². The lowest BCUT2D eigenvalue weighted by molar-refractivity contribution is -0.380. The maximum atomic E-state index is 12.0. The molecule has 0 atom stereocenters. The summed E-state index contributed by atoms with van der Waals surface area (Å²) in [5.41, 5.74) is 0. The Labute approximate surface area is 108 Å². The minimum Gasteiger partial charge on any atom is -0.348 e. The average Bonchev–Trinajstić information content (AvgIpc) is 3.24. The topological polar surface area (TPSA) is 72.2 Å². The minimum absolute atomic E-state index is 0.0227. The van der Waals surface area contributed by atoms with Gasteiger partial charge in [-0.15, -0.1) is 0 Å². The summed E-state index contributed by atoms with van der Waals surface area (Å²) in [4.78, 5) is 22.6. The molecule has 96 valence electrons. The van der Waals surface area contributed by atoms with Crippen LogP contribution in [0.5, 0.6) is 0 Å². The highest BCUT2D eigenvalue weighted by Crippen LogP contribution is 2.44. The highest BCUT2D eigenvalue weighted by molar-refractivity contribution is 7.17. The van der Waals surface area contributed by atoms with Crippen molar-refractivity contribution in [3.05, 3.63) is 27.1 Å². The second kappa shape index (κ2) is 4.35. The molecule has 2 aliphatic carbocycles. The van der Waals surface area contributed by atoms with Gasteiger partial charge in [-0.1, -0.05) is 11.3 Å². The number of amides is 1. The Morgan fingerprint density at radius 2 is 1.94 bits per heavy atom. The fourth-order valence-electron chi connectivity index (χ4n) is 2.30. The molecule has 1 amide bonds. The second-order valence-corrected chi connectivity index (χ2v) is 6.13. The van der Waals surface area contributed by atoms with Crippen molar-refractivity contribution in [2.24, 2.45) is 11.8 Å². The van der Waals surface area contributed by atoms with E-state index in [4.69, 9.17) is 0 Å². The monoisotopic (exact) mass is 266 g/mol. The van der Waals surface area contributed by atoms with Gasteiger partial charge in [0.1, 0.15) is 0 Å². The average molecular weight is 266 g/mol. The van der Waals surface area contributed by atoms with Gasteiger partial charge < -0.3 is 5.32 Å². The lowest BCUT2D eigenvalue weighted by Crippen LogP contribution is -2.37. The van der Waals surface area contributed by atoms with Crippen molar-refractivity contribution in [3.63, 3.8) is 0 Å². The van der Waals surface area contributed by atoms with Crippen LogP contribution in [-0.4, -0.2) is 16.9 Å². The van der Waals surface area contributed by atoms with Crippen molar-refractivity contribution in [1.82, 2.24) is 5.32 Å². The van der Waals surface area contributed by atoms with Gasteiger partial charge in [0.2, 0.25) is 0 Å². The Balaban J connectivity index is 1.67. The van der Waals surface area contributed by atoms with Crippen molar-refractivity contribution in [2.75, 3.05) is 0 Å². The zero-order valence-corrected chi connectivity index (χ0v) is 10.6. The SMILES string of the molecule is O=C(NC(C1CC1)C1CC1)c1ccc([N+](=O)[O-])s1. The zero-order valence-electron chi connectivity index (χ0n) is 9.80. The molecule has 0 aromatic carbocycles. The quantitative estimate of drug-likeness (QED) is 0.657. The first-order valence-corrected chi connectivity index (χ1v) is 7.02. The Kier molecular flexibility index (Phi) is 2.81. The number of hydrogen-bond acceptors (Lipinski definition) is 4. The molecule has 5 nitrogen and oxygen atoms in total. The number of thiophene rings is 1. The van der Waals surface area contributed by atoms with Crippen LogP contribution in [0, 0.1) is 22.0 Å². The van der Waals surface area contributed by atoms with Crippen LogP contribution >= 0.6 is 11.3 Å². The Bertz CT molecular complexity index is 479. The molecule has 2 fully saturated rings. The number of rotatable bonds is 5. The summed E-state index contributed by atoms with van der Waals surface area (Å²) in [5, 5.41) is 13.7. The predicted molar refractivity (Wildman–Crippen MR) is 67.7 cm³/mol. The highest BCUT2D eigenvalue weighted by atomic mass is 32.1. The Hall–Kier alpha value is -1.43. The van der Waals surface area contributed by atoms with Crippen LogP contribution in [0.15, 0.2) is 12.1 Å². The van der Waals surface area contributed by atoms with Crippen molar-refractivity contribution in [2.45, 2.75) is 31.7 Å². The van der Waals surface area contributed by atoms with E-state index in [9.17, 15) is 14.9 Å². The van der Waals surface area contributed by atoms with Crippen LogP contribution < -0.4 is 5.32 Å². The van der Waals surface area contributed by atoms with E-state index in [1.54, 1.807) is 0 Å². The van der Waals surface area contributed by atoms with Gasteiger partial charge in [-0.05, 0) is 43.6 Å². The molecular weight excluding hydrogens is 252 g/mol. The van der Waals surface area contributed by atoms with Gasteiger partial charge in [0.05, 0.1) is 9.80 Å². The summed E-state index contributed by atoms with van der Waals surface area (Å²) in [6.45, 7) is 0. The van der Waals surface area contributed by atoms with E-state index in [1.807, 2.05) is 0 Å². The number of nitrogens with one attached hydrogen (secondary N) is 1. The van der Waals surface area contributed by atoms with Crippen molar-refractivity contribution in [3.8, 4) is 0 Å². The third-order valence-electron chi connectivity index (χ3n) is 3.55. The van der Waals surface area contributed by atoms with Crippen LogP contribution in [0.25, 0.3) is 0 Å². The molecule has 1 aromatic rings. The number of nitro groups is 1. The molecule has 1 N–H and O–H groups in total. The fourth-order valence-corrected chi connectivity index (χ4v) is 3.03. The summed E-state index contributed by atoms with van der Waals surface area (Å²) in [7, 11) is 0. The normalized spacial score (nSPS) is 18.9. The van der Waals surface area contributed by atoms with Gasteiger partial charge in [0.15, 0.2) is 0 Å². The Morgan fingerprint density at radius 3 is 2.39 bits per heavy atom. The lowest BCUT2D eigenvalue weighted by atomic mass is 10.1. The molecule has 18 heavy (non-hydrogen) atoms. The van der Waals surface area contributed by atoms with Crippen LogP contribution in [0.2, 0.25) is 0 Å². The van der Waals surface area contributed by atoms with E-state index in [-0.39, 0.29) is 10.9 Å². The van der Waals surface area contributed by atoms with Gasteiger partial charge in [-0.2, -0.15) is 0 Å². The predicted octanol–water partition coefficient (Wildman–Crippen LogP) is 2.57. The molecule has 0 bridgehead atoms. The molecule has 2 aliphatic rings. The molecule has 0 saturated heterocycles. The third-order valence-corrected chi connectivity index (χ3v) is 4.59. The van der Waals surface area contributed by atoms with Crippen LogP contribution in [0.4, 0.5) is 5.00 Å². The lowest BCUT2D eigenvalue weighted by Gasteiger charge is -2.16. The van der Waals surface area contributed by atoms with E-state index >= 15 is 0 Å². The molecule has 0 radical (unpaired) electrons. The maximum absolute atomic E-state index is 12.0. The van der Waals surface area contributed by atoms with E-state index < -0.39 is 4.92 Å². The van der Waals surface area contributed by atoms with Gasteiger partial charge in [-0.25, -0.2) is 0 Å². The standard InChI is InChI=1S/C12H14N2O3S/c15-12(9-5-6-10(18-9)14(16)17)13-11(7-1-2-7)8-3-4-8/h5-8,11H,1-4H2,(H,13,15). The first kappa shape index (κ1) is 11.6. The third kappa shape index (κ3) is 2.38. The maximum Gasteiger partial charge on any atom is 0.324 e. The molecule has 2 saturated carbocycles. The molecule has 1 aromatic heterocycles. The first-order valence-electron chi connectivity index (χ1n) is 6.20. The van der Waals surface area contributed by atoms with Gasteiger partial charge >= 0.3 is 5.00 Å². The molecule has 0 aliphatic heterocycles. The largest absolute Gasteiger partial charge is 0.348 e. The summed E-state index contributed by atoms with van der Waals surface area (Å²) >= 11 is 0.944.